The van der Waals surface area contributed by atoms with Crippen LogP contribution in [0.25, 0.3) is 5.69 Å². The molecule has 3 aromatic rings. The van der Waals surface area contributed by atoms with Crippen molar-refractivity contribution >= 4 is 17.3 Å². The molecule has 10 heteroatoms. The van der Waals surface area contributed by atoms with E-state index in [0.717, 1.165) is 18.2 Å². The summed E-state index contributed by atoms with van der Waals surface area (Å²) in [5, 5.41) is 17.1. The Morgan fingerprint density at radius 3 is 2.57 bits per heavy atom. The number of nitrogens with zero attached hydrogens (tertiary/aromatic N) is 3. The van der Waals surface area contributed by atoms with Crippen LogP contribution in [-0.4, -0.2) is 20.6 Å². The maximum atomic E-state index is 13.5. The van der Waals surface area contributed by atoms with E-state index in [0.29, 0.717) is 5.56 Å². The first-order valence-electron chi connectivity index (χ1n) is 7.94. The first kappa shape index (κ1) is 19.1. The number of amides is 1. The molecule has 1 amide bonds. The number of aromatic nitrogens is 2. The van der Waals surface area contributed by atoms with Crippen molar-refractivity contribution in [2.24, 2.45) is 0 Å². The van der Waals surface area contributed by atoms with Crippen LogP contribution in [0.2, 0.25) is 0 Å². The van der Waals surface area contributed by atoms with E-state index >= 15 is 0 Å². The molecular weight excluding hydrogens is 377 g/mol. The number of hydrogen-bond acceptors (Lipinski definition) is 4. The van der Waals surface area contributed by atoms with Crippen LogP contribution >= 0.6 is 0 Å². The van der Waals surface area contributed by atoms with Gasteiger partial charge in [0.25, 0.3) is 11.6 Å². The van der Waals surface area contributed by atoms with E-state index in [1.54, 1.807) is 6.07 Å². The van der Waals surface area contributed by atoms with E-state index in [1.165, 1.54) is 42.2 Å². The highest BCUT2D eigenvalue weighted by Gasteiger charge is 2.34. The van der Waals surface area contributed by atoms with Gasteiger partial charge >= 0.3 is 6.18 Å². The van der Waals surface area contributed by atoms with Crippen LogP contribution in [0.4, 0.5) is 24.5 Å². The van der Waals surface area contributed by atoms with Gasteiger partial charge in [-0.1, -0.05) is 6.07 Å². The molecule has 1 aromatic heterocycles. The highest BCUT2D eigenvalue weighted by molar-refractivity contribution is 6.05. The van der Waals surface area contributed by atoms with Crippen molar-refractivity contribution in [2.45, 2.75) is 13.1 Å². The van der Waals surface area contributed by atoms with Gasteiger partial charge in [0.2, 0.25) is 0 Å². The highest BCUT2D eigenvalue weighted by Crippen LogP contribution is 2.36. The van der Waals surface area contributed by atoms with Crippen LogP contribution in [-0.2, 0) is 6.18 Å². The molecule has 144 valence electrons. The van der Waals surface area contributed by atoms with Gasteiger partial charge in [0, 0.05) is 29.6 Å². The van der Waals surface area contributed by atoms with Gasteiger partial charge in [-0.3, -0.25) is 14.9 Å². The third-order valence-corrected chi connectivity index (χ3v) is 3.99. The maximum Gasteiger partial charge on any atom is 0.418 e. The van der Waals surface area contributed by atoms with Gasteiger partial charge in [-0.2, -0.15) is 18.3 Å². The first-order valence-corrected chi connectivity index (χ1v) is 7.94. The molecule has 0 radical (unpaired) electrons. The minimum atomic E-state index is -4.73. The van der Waals surface area contributed by atoms with Crippen LogP contribution < -0.4 is 5.32 Å². The fourth-order valence-corrected chi connectivity index (χ4v) is 2.58. The Kier molecular flexibility index (Phi) is 4.87. The molecule has 2 aromatic carbocycles. The standard InChI is InChI=1S/C18H13F3N4O3/c1-11-3-4-12(9-16(11)25(27)28)17(26)23-15-6-5-13(24-8-2-7-22-24)10-14(15)18(19,20)21/h2-10H,1H3,(H,23,26). The van der Waals surface area contributed by atoms with Gasteiger partial charge in [-0.05, 0) is 37.3 Å². The van der Waals surface area contributed by atoms with Gasteiger partial charge in [0.05, 0.1) is 21.9 Å². The lowest BCUT2D eigenvalue weighted by atomic mass is 10.1. The summed E-state index contributed by atoms with van der Waals surface area (Å²) in [6, 6.07) is 8.60. The second-order valence-electron chi connectivity index (χ2n) is 5.89. The molecular formula is C18H13F3N4O3. The van der Waals surface area contributed by atoms with Gasteiger partial charge in [-0.15, -0.1) is 0 Å². The monoisotopic (exact) mass is 390 g/mol. The molecule has 1 N–H and O–H groups in total. The summed E-state index contributed by atoms with van der Waals surface area (Å²) in [4.78, 5) is 22.7. The normalized spacial score (nSPS) is 11.3. The predicted octanol–water partition coefficient (Wildman–Crippen LogP) is 4.36. The van der Waals surface area contributed by atoms with Crippen LogP contribution in [0.3, 0.4) is 0 Å². The lowest BCUT2D eigenvalue weighted by Gasteiger charge is -2.15. The molecule has 28 heavy (non-hydrogen) atoms. The zero-order chi connectivity index (χ0) is 20.5. The van der Waals surface area contributed by atoms with Crippen molar-refractivity contribution in [3.8, 4) is 5.69 Å². The van der Waals surface area contributed by atoms with Crippen molar-refractivity contribution in [2.75, 3.05) is 5.32 Å². The topological polar surface area (TPSA) is 90.1 Å². The van der Waals surface area contributed by atoms with E-state index in [4.69, 9.17) is 0 Å². The van der Waals surface area contributed by atoms with E-state index in [9.17, 15) is 28.1 Å². The minimum absolute atomic E-state index is 0.124. The van der Waals surface area contributed by atoms with Gasteiger partial charge in [-0.25, -0.2) is 4.68 Å². The number of anilines is 1. The lowest BCUT2D eigenvalue weighted by molar-refractivity contribution is -0.385. The maximum absolute atomic E-state index is 13.5. The molecule has 0 bridgehead atoms. The van der Waals surface area contributed by atoms with E-state index in [2.05, 4.69) is 10.4 Å². The second-order valence-corrected chi connectivity index (χ2v) is 5.89. The molecule has 3 rings (SSSR count). The summed E-state index contributed by atoms with van der Waals surface area (Å²) < 4.78 is 41.7. The van der Waals surface area contributed by atoms with Crippen molar-refractivity contribution in [1.82, 2.24) is 9.78 Å². The van der Waals surface area contributed by atoms with Gasteiger partial charge < -0.3 is 5.32 Å². The highest BCUT2D eigenvalue weighted by atomic mass is 19.4. The van der Waals surface area contributed by atoms with E-state index in [1.807, 2.05) is 0 Å². The van der Waals surface area contributed by atoms with E-state index in [-0.39, 0.29) is 16.9 Å². The van der Waals surface area contributed by atoms with Crippen LogP contribution in [0.15, 0.2) is 54.9 Å². The fourth-order valence-electron chi connectivity index (χ4n) is 2.58. The van der Waals surface area contributed by atoms with Crippen molar-refractivity contribution in [3.05, 3.63) is 81.7 Å². The number of nitrogens with one attached hydrogen (secondary N) is 1. The molecule has 0 fully saturated rings. The number of halogens is 3. The van der Waals surface area contributed by atoms with Crippen molar-refractivity contribution in [1.29, 1.82) is 0 Å². The summed E-state index contributed by atoms with van der Waals surface area (Å²) in [5.41, 5.74) is -1.44. The van der Waals surface area contributed by atoms with Crippen LogP contribution in [0.5, 0.6) is 0 Å². The van der Waals surface area contributed by atoms with E-state index < -0.39 is 28.3 Å². The number of benzene rings is 2. The number of carbonyl (C=O) groups excluding carboxylic acids is 1. The number of nitro benzene ring substituents is 1. The average Bonchev–Trinajstić information content (AvgIpc) is 3.15. The Morgan fingerprint density at radius 2 is 1.96 bits per heavy atom. The molecule has 0 unspecified atom stereocenters. The molecule has 1 heterocycles. The number of rotatable bonds is 4. The van der Waals surface area contributed by atoms with Gasteiger partial charge in [0.1, 0.15) is 0 Å². The second kappa shape index (κ2) is 7.14. The largest absolute Gasteiger partial charge is 0.418 e. The van der Waals surface area contributed by atoms with Crippen LogP contribution in [0.1, 0.15) is 21.5 Å². The number of alkyl halides is 3. The quantitative estimate of drug-likeness (QED) is 0.529. The molecule has 0 aliphatic rings. The Hall–Kier alpha value is -3.69. The smallest absolute Gasteiger partial charge is 0.321 e. The molecule has 0 atom stereocenters. The number of nitro groups is 1. The molecule has 7 nitrogen and oxygen atoms in total. The summed E-state index contributed by atoms with van der Waals surface area (Å²) in [6.45, 7) is 1.50. The first-order chi connectivity index (χ1) is 13.2. The lowest BCUT2D eigenvalue weighted by Crippen LogP contribution is -2.17. The number of aryl methyl sites for hydroxylation is 1. The fraction of sp³-hybridized carbons (Fsp3) is 0.111. The Labute approximate surface area is 156 Å². The summed E-state index contributed by atoms with van der Waals surface area (Å²) in [6.07, 6.45) is -1.82. The Bertz CT molecular complexity index is 1050. The third kappa shape index (κ3) is 3.85. The molecule has 0 spiro atoms. The summed E-state index contributed by atoms with van der Waals surface area (Å²) in [7, 11) is 0. The van der Waals surface area contributed by atoms with Crippen molar-refractivity contribution < 1.29 is 22.9 Å². The summed E-state index contributed by atoms with van der Waals surface area (Å²) >= 11 is 0. The molecule has 0 aliphatic carbocycles. The SMILES string of the molecule is Cc1ccc(C(=O)Nc2ccc(-n3cccn3)cc2C(F)(F)F)cc1[N+](=O)[O-]. The molecule has 0 saturated carbocycles. The third-order valence-electron chi connectivity index (χ3n) is 3.99. The van der Waals surface area contributed by atoms with Gasteiger partial charge in [0.15, 0.2) is 0 Å². The average molecular weight is 390 g/mol. The minimum Gasteiger partial charge on any atom is -0.321 e. The number of carbonyl (C=O) groups is 1. The predicted molar refractivity (Wildman–Crippen MR) is 94.4 cm³/mol. The summed E-state index contributed by atoms with van der Waals surface area (Å²) in [5.74, 6) is -0.888. The zero-order valence-electron chi connectivity index (χ0n) is 14.4. The van der Waals surface area contributed by atoms with Crippen molar-refractivity contribution in [3.63, 3.8) is 0 Å². The zero-order valence-corrected chi connectivity index (χ0v) is 14.4. The number of hydrogen-bond donors (Lipinski definition) is 1. The Morgan fingerprint density at radius 1 is 1.21 bits per heavy atom. The van der Waals surface area contributed by atoms with Crippen LogP contribution in [0, 0.1) is 17.0 Å². The molecule has 0 aliphatic heterocycles. The Balaban J connectivity index is 1.96. The molecule has 0 saturated heterocycles.